The maximum Gasteiger partial charge on any atom is 0.233 e. The minimum atomic E-state index is 0.235. The standard InChI is InChI=1S/C17H27NO2S/c1-5-7-12-18(14(3)6-2)17(19)13-21-16-10-8-15(20-4)9-11-16/h8-11,14H,5-7,12-13H2,1-4H3. The molecule has 3 nitrogen and oxygen atoms in total. The highest BCUT2D eigenvalue weighted by molar-refractivity contribution is 8.00. The summed E-state index contributed by atoms with van der Waals surface area (Å²) in [4.78, 5) is 15.6. The molecule has 4 heteroatoms. The summed E-state index contributed by atoms with van der Waals surface area (Å²) in [5.41, 5.74) is 0. The third-order valence-electron chi connectivity index (χ3n) is 3.62. The van der Waals surface area contributed by atoms with Crippen molar-refractivity contribution in [2.45, 2.75) is 51.0 Å². The van der Waals surface area contributed by atoms with Crippen LogP contribution < -0.4 is 4.74 Å². The lowest BCUT2D eigenvalue weighted by molar-refractivity contribution is -0.130. The van der Waals surface area contributed by atoms with Crippen LogP contribution in [0.15, 0.2) is 29.2 Å². The number of ether oxygens (including phenoxy) is 1. The number of hydrogen-bond acceptors (Lipinski definition) is 3. The molecular formula is C17H27NO2S. The first-order valence-corrected chi connectivity index (χ1v) is 8.67. The quantitative estimate of drug-likeness (QED) is 0.640. The van der Waals surface area contributed by atoms with Gasteiger partial charge >= 0.3 is 0 Å². The minimum absolute atomic E-state index is 0.235. The number of benzene rings is 1. The van der Waals surface area contributed by atoms with Crippen LogP contribution >= 0.6 is 11.8 Å². The Morgan fingerprint density at radius 1 is 1.29 bits per heavy atom. The van der Waals surface area contributed by atoms with E-state index in [0.29, 0.717) is 11.8 Å². The van der Waals surface area contributed by atoms with E-state index in [2.05, 4.69) is 20.8 Å². The number of rotatable bonds is 9. The van der Waals surface area contributed by atoms with E-state index in [1.807, 2.05) is 29.2 Å². The van der Waals surface area contributed by atoms with Crippen molar-refractivity contribution in [1.82, 2.24) is 4.90 Å². The molecule has 118 valence electrons. The zero-order valence-corrected chi connectivity index (χ0v) is 14.4. The molecule has 0 saturated heterocycles. The molecule has 1 rings (SSSR count). The van der Waals surface area contributed by atoms with Crippen molar-refractivity contribution in [2.75, 3.05) is 19.4 Å². The Labute approximate surface area is 133 Å². The monoisotopic (exact) mass is 309 g/mol. The van der Waals surface area contributed by atoms with E-state index >= 15 is 0 Å². The summed E-state index contributed by atoms with van der Waals surface area (Å²) >= 11 is 1.59. The minimum Gasteiger partial charge on any atom is -0.497 e. The number of carbonyl (C=O) groups is 1. The topological polar surface area (TPSA) is 29.5 Å². The maximum absolute atomic E-state index is 12.4. The lowest BCUT2D eigenvalue weighted by Crippen LogP contribution is -2.40. The van der Waals surface area contributed by atoms with Crippen molar-refractivity contribution >= 4 is 17.7 Å². The highest BCUT2D eigenvalue weighted by atomic mass is 32.2. The van der Waals surface area contributed by atoms with Gasteiger partial charge in [0.25, 0.3) is 0 Å². The van der Waals surface area contributed by atoms with Crippen LogP contribution in [-0.4, -0.2) is 36.3 Å². The van der Waals surface area contributed by atoms with Gasteiger partial charge in [-0.2, -0.15) is 0 Å². The molecule has 0 aliphatic heterocycles. The van der Waals surface area contributed by atoms with Crippen LogP contribution in [0.25, 0.3) is 0 Å². The van der Waals surface area contributed by atoms with Crippen molar-refractivity contribution in [2.24, 2.45) is 0 Å². The Morgan fingerprint density at radius 2 is 1.95 bits per heavy atom. The molecule has 1 aromatic rings. The summed E-state index contributed by atoms with van der Waals surface area (Å²) < 4.78 is 5.14. The molecule has 0 heterocycles. The summed E-state index contributed by atoms with van der Waals surface area (Å²) in [6.45, 7) is 7.29. The molecule has 1 atom stereocenters. The van der Waals surface area contributed by atoms with Gasteiger partial charge in [0.1, 0.15) is 5.75 Å². The van der Waals surface area contributed by atoms with E-state index in [1.165, 1.54) is 0 Å². The zero-order chi connectivity index (χ0) is 15.7. The molecule has 1 unspecified atom stereocenters. The highest BCUT2D eigenvalue weighted by Gasteiger charge is 2.18. The van der Waals surface area contributed by atoms with Crippen LogP contribution in [0.5, 0.6) is 5.75 Å². The van der Waals surface area contributed by atoms with Gasteiger partial charge in [-0.3, -0.25) is 4.79 Å². The Morgan fingerprint density at radius 3 is 2.48 bits per heavy atom. The molecule has 0 aliphatic rings. The van der Waals surface area contributed by atoms with Gasteiger partial charge in [0.05, 0.1) is 12.9 Å². The summed E-state index contributed by atoms with van der Waals surface area (Å²) in [5.74, 6) is 1.58. The van der Waals surface area contributed by atoms with Gasteiger partial charge in [0, 0.05) is 17.5 Å². The number of amides is 1. The third kappa shape index (κ3) is 6.00. The first kappa shape index (κ1) is 17.9. The van der Waals surface area contributed by atoms with Crippen LogP contribution in [0.1, 0.15) is 40.0 Å². The fourth-order valence-electron chi connectivity index (χ4n) is 2.04. The van der Waals surface area contributed by atoms with Crippen molar-refractivity contribution in [3.63, 3.8) is 0 Å². The van der Waals surface area contributed by atoms with Crippen LogP contribution in [0.3, 0.4) is 0 Å². The number of unbranched alkanes of at least 4 members (excludes halogenated alkanes) is 1. The number of thioether (sulfide) groups is 1. The number of nitrogens with zero attached hydrogens (tertiary/aromatic N) is 1. The second kappa shape index (κ2) is 9.72. The van der Waals surface area contributed by atoms with Crippen LogP contribution in [0, 0.1) is 0 Å². The van der Waals surface area contributed by atoms with Gasteiger partial charge in [0.15, 0.2) is 0 Å². The van der Waals surface area contributed by atoms with Crippen molar-refractivity contribution in [1.29, 1.82) is 0 Å². The van der Waals surface area contributed by atoms with Gasteiger partial charge < -0.3 is 9.64 Å². The van der Waals surface area contributed by atoms with Crippen molar-refractivity contribution in [3.05, 3.63) is 24.3 Å². The Hall–Kier alpha value is -1.16. The average Bonchev–Trinajstić information content (AvgIpc) is 2.53. The first-order chi connectivity index (χ1) is 10.1. The largest absolute Gasteiger partial charge is 0.497 e. The molecule has 0 spiro atoms. The van der Waals surface area contributed by atoms with Gasteiger partial charge in [0.2, 0.25) is 5.91 Å². The lowest BCUT2D eigenvalue weighted by atomic mass is 10.2. The second-order valence-electron chi connectivity index (χ2n) is 5.16. The SMILES string of the molecule is CCCCN(C(=O)CSc1ccc(OC)cc1)C(C)CC. The molecule has 1 amide bonds. The summed E-state index contributed by atoms with van der Waals surface area (Å²) in [7, 11) is 1.66. The normalized spacial score (nSPS) is 12.0. The number of hydrogen-bond donors (Lipinski definition) is 0. The lowest BCUT2D eigenvalue weighted by Gasteiger charge is -2.28. The predicted octanol–water partition coefficient (Wildman–Crippen LogP) is 4.21. The van der Waals surface area contributed by atoms with E-state index in [4.69, 9.17) is 4.74 Å². The van der Waals surface area contributed by atoms with E-state index in [1.54, 1.807) is 18.9 Å². The Bertz CT molecular complexity index is 419. The van der Waals surface area contributed by atoms with Crippen molar-refractivity contribution < 1.29 is 9.53 Å². The van der Waals surface area contributed by atoms with Crippen LogP contribution in [-0.2, 0) is 4.79 Å². The molecule has 21 heavy (non-hydrogen) atoms. The van der Waals surface area contributed by atoms with Gasteiger partial charge in [-0.25, -0.2) is 0 Å². The number of carbonyl (C=O) groups excluding carboxylic acids is 1. The van der Waals surface area contributed by atoms with Crippen molar-refractivity contribution in [3.8, 4) is 5.75 Å². The second-order valence-corrected chi connectivity index (χ2v) is 6.21. The molecule has 1 aromatic carbocycles. The Kier molecular flexibility index (Phi) is 8.28. The summed E-state index contributed by atoms with van der Waals surface area (Å²) in [6.07, 6.45) is 3.19. The maximum atomic E-state index is 12.4. The molecule has 0 bridgehead atoms. The third-order valence-corrected chi connectivity index (χ3v) is 4.61. The molecule has 0 N–H and O–H groups in total. The fraction of sp³-hybridized carbons (Fsp3) is 0.588. The molecule has 0 radical (unpaired) electrons. The molecule has 0 saturated carbocycles. The van der Waals surface area contributed by atoms with Crippen LogP contribution in [0.2, 0.25) is 0 Å². The predicted molar refractivity (Wildman–Crippen MR) is 90.1 cm³/mol. The van der Waals surface area contributed by atoms with E-state index in [-0.39, 0.29) is 5.91 Å². The summed E-state index contributed by atoms with van der Waals surface area (Å²) in [5, 5.41) is 0. The van der Waals surface area contributed by atoms with Gasteiger partial charge in [-0.15, -0.1) is 11.8 Å². The molecular weight excluding hydrogens is 282 g/mol. The molecule has 0 aliphatic carbocycles. The highest BCUT2D eigenvalue weighted by Crippen LogP contribution is 2.22. The molecule has 0 aromatic heterocycles. The molecule has 0 fully saturated rings. The first-order valence-electron chi connectivity index (χ1n) is 7.68. The van der Waals surface area contributed by atoms with Gasteiger partial charge in [-0.05, 0) is 44.0 Å². The van der Waals surface area contributed by atoms with Gasteiger partial charge in [-0.1, -0.05) is 20.3 Å². The van der Waals surface area contributed by atoms with E-state index in [9.17, 15) is 4.79 Å². The number of methoxy groups -OCH3 is 1. The average molecular weight is 309 g/mol. The van der Waals surface area contributed by atoms with E-state index in [0.717, 1.165) is 36.5 Å². The Balaban J connectivity index is 2.55. The van der Waals surface area contributed by atoms with Crippen LogP contribution in [0.4, 0.5) is 0 Å². The summed E-state index contributed by atoms with van der Waals surface area (Å²) in [6, 6.07) is 8.17. The van der Waals surface area contributed by atoms with E-state index < -0.39 is 0 Å². The smallest absolute Gasteiger partial charge is 0.233 e. The zero-order valence-electron chi connectivity index (χ0n) is 13.6. The fourth-order valence-corrected chi connectivity index (χ4v) is 2.82.